The lowest BCUT2D eigenvalue weighted by atomic mass is 9.96. The minimum Gasteiger partial charge on any atom is -0.497 e. The van der Waals surface area contributed by atoms with E-state index in [9.17, 15) is 9.18 Å². The molecule has 2 aromatic carbocycles. The van der Waals surface area contributed by atoms with E-state index >= 15 is 0 Å². The van der Waals surface area contributed by atoms with Gasteiger partial charge in [-0.05, 0) is 41.5 Å². The third kappa shape index (κ3) is 7.25. The zero-order valence-electron chi connectivity index (χ0n) is 23.2. The fraction of sp³-hybridized carbons (Fsp3) is 0.333. The third-order valence-corrected chi connectivity index (χ3v) is 7.44. The van der Waals surface area contributed by atoms with E-state index in [1.165, 1.54) is 19.2 Å². The number of nitrogens with zero attached hydrogens (tertiary/aromatic N) is 3. The van der Waals surface area contributed by atoms with Crippen molar-refractivity contribution in [3.8, 4) is 16.9 Å². The molecular formula is C30H35Cl3FN5O2. The number of benzene rings is 2. The van der Waals surface area contributed by atoms with E-state index < -0.39 is 0 Å². The molecule has 7 nitrogen and oxygen atoms in total. The number of amides is 1. The van der Waals surface area contributed by atoms with Gasteiger partial charge in [-0.1, -0.05) is 37.6 Å². The Morgan fingerprint density at radius 2 is 1.80 bits per heavy atom. The number of hydrogen-bond acceptors (Lipinski definition) is 5. The fourth-order valence-corrected chi connectivity index (χ4v) is 5.28. The number of methoxy groups -OCH3 is 1. The van der Waals surface area contributed by atoms with Crippen LogP contribution in [0.15, 0.2) is 60.9 Å². The second-order valence-electron chi connectivity index (χ2n) is 10.1. The first kappa shape index (κ1) is 32.5. The number of H-pyrrole nitrogens is 1. The predicted molar refractivity (Wildman–Crippen MR) is 169 cm³/mol. The van der Waals surface area contributed by atoms with Crippen LogP contribution in [0.3, 0.4) is 0 Å². The lowest BCUT2D eigenvalue weighted by molar-refractivity contribution is -0.133. The smallest absolute Gasteiger partial charge is 0.231 e. The summed E-state index contributed by atoms with van der Waals surface area (Å²) in [6.45, 7) is 7.13. The Bertz CT molecular complexity index is 1460. The molecule has 5 rings (SSSR count). The van der Waals surface area contributed by atoms with E-state index in [0.717, 1.165) is 27.8 Å². The maximum absolute atomic E-state index is 14.4. The molecule has 1 atom stereocenters. The summed E-state index contributed by atoms with van der Waals surface area (Å²) in [7, 11) is 1.53. The number of ether oxygens (including phenoxy) is 1. The highest BCUT2D eigenvalue weighted by Gasteiger charge is 2.30. The summed E-state index contributed by atoms with van der Waals surface area (Å²) in [6, 6.07) is 14.5. The zero-order chi connectivity index (χ0) is 27.5. The number of carbonyl (C=O) groups is 1. The van der Waals surface area contributed by atoms with Gasteiger partial charge in [-0.25, -0.2) is 9.37 Å². The molecule has 3 heterocycles. The van der Waals surface area contributed by atoms with E-state index in [0.29, 0.717) is 49.1 Å². The van der Waals surface area contributed by atoms with Gasteiger partial charge in [0.1, 0.15) is 17.2 Å². The molecule has 0 saturated carbocycles. The Kier molecular flexibility index (Phi) is 11.3. The van der Waals surface area contributed by atoms with E-state index in [4.69, 9.17) is 16.3 Å². The van der Waals surface area contributed by atoms with Crippen LogP contribution in [0.5, 0.6) is 5.75 Å². The van der Waals surface area contributed by atoms with Gasteiger partial charge in [0.2, 0.25) is 5.91 Å². The minimum absolute atomic E-state index is 0. The lowest BCUT2D eigenvalue weighted by Crippen LogP contribution is -2.51. The quantitative estimate of drug-likeness (QED) is 0.241. The lowest BCUT2D eigenvalue weighted by Gasteiger charge is -2.38. The van der Waals surface area contributed by atoms with Gasteiger partial charge in [0.15, 0.2) is 0 Å². The normalized spacial score (nSPS) is 14.0. The molecular weight excluding hydrogens is 588 g/mol. The Morgan fingerprint density at radius 1 is 1.10 bits per heavy atom. The van der Waals surface area contributed by atoms with Crippen molar-refractivity contribution in [2.75, 3.05) is 44.7 Å². The van der Waals surface area contributed by atoms with Crippen LogP contribution in [0.4, 0.5) is 10.1 Å². The molecule has 1 aliphatic rings. The van der Waals surface area contributed by atoms with Crippen LogP contribution in [0.25, 0.3) is 22.2 Å². The molecule has 0 aliphatic carbocycles. The van der Waals surface area contributed by atoms with Gasteiger partial charge in [-0.2, -0.15) is 0 Å². The Balaban J connectivity index is 0.00000231. The van der Waals surface area contributed by atoms with Gasteiger partial charge in [0, 0.05) is 73.2 Å². The monoisotopic (exact) mass is 621 g/mol. The summed E-state index contributed by atoms with van der Waals surface area (Å²) in [5, 5.41) is 5.03. The molecule has 1 saturated heterocycles. The molecule has 0 bridgehead atoms. The van der Waals surface area contributed by atoms with Crippen molar-refractivity contribution in [1.82, 2.24) is 20.2 Å². The summed E-state index contributed by atoms with van der Waals surface area (Å²) < 4.78 is 19.8. The SMILES string of the molecule is COc1cc(F)cc(-c2cnc3[nH]ccc3c2N2CCN(C(=O)[C@H](CNC(C)C)c3ccc(Cl)cc3)CC2)c1.Cl.Cl. The van der Waals surface area contributed by atoms with Gasteiger partial charge >= 0.3 is 0 Å². The molecule has 220 valence electrons. The van der Waals surface area contributed by atoms with Crippen molar-refractivity contribution in [2.24, 2.45) is 0 Å². The second-order valence-corrected chi connectivity index (χ2v) is 10.6. The summed E-state index contributed by atoms with van der Waals surface area (Å²) in [5.74, 6) is -0.127. The molecule has 1 amide bonds. The first-order valence-electron chi connectivity index (χ1n) is 13.2. The molecule has 1 aliphatic heterocycles. The average Bonchev–Trinajstić information content (AvgIpc) is 3.42. The van der Waals surface area contributed by atoms with Crippen LogP contribution in [0.1, 0.15) is 25.3 Å². The van der Waals surface area contributed by atoms with Crippen LogP contribution < -0.4 is 15.0 Å². The highest BCUT2D eigenvalue weighted by Crippen LogP contribution is 2.38. The molecule has 41 heavy (non-hydrogen) atoms. The number of aromatic amines is 1. The van der Waals surface area contributed by atoms with Crippen LogP contribution in [0.2, 0.25) is 5.02 Å². The average molecular weight is 623 g/mol. The fourth-order valence-electron chi connectivity index (χ4n) is 5.15. The maximum Gasteiger partial charge on any atom is 0.231 e. The Hall–Kier alpha value is -3.04. The maximum atomic E-state index is 14.4. The number of carbonyl (C=O) groups excluding carboxylic acids is 1. The number of hydrogen-bond donors (Lipinski definition) is 2. The molecule has 2 aromatic heterocycles. The number of rotatable bonds is 8. The predicted octanol–water partition coefficient (Wildman–Crippen LogP) is 6.31. The van der Waals surface area contributed by atoms with E-state index in [1.54, 1.807) is 6.20 Å². The van der Waals surface area contributed by atoms with Crippen LogP contribution in [-0.4, -0.2) is 66.7 Å². The second kappa shape index (κ2) is 14.2. The zero-order valence-corrected chi connectivity index (χ0v) is 25.6. The molecule has 4 aromatic rings. The topological polar surface area (TPSA) is 73.5 Å². The number of fused-ring (bicyclic) bond motifs is 1. The summed E-state index contributed by atoms with van der Waals surface area (Å²) in [4.78, 5) is 25.7. The molecule has 2 N–H and O–H groups in total. The van der Waals surface area contributed by atoms with E-state index in [-0.39, 0.29) is 48.5 Å². The van der Waals surface area contributed by atoms with Gasteiger partial charge < -0.3 is 24.8 Å². The van der Waals surface area contributed by atoms with E-state index in [2.05, 4.69) is 34.0 Å². The number of halogens is 4. The number of anilines is 1. The van der Waals surface area contributed by atoms with Crippen molar-refractivity contribution in [2.45, 2.75) is 25.8 Å². The molecule has 0 radical (unpaired) electrons. The Morgan fingerprint density at radius 3 is 2.46 bits per heavy atom. The van der Waals surface area contributed by atoms with Crippen LogP contribution in [0, 0.1) is 5.82 Å². The van der Waals surface area contributed by atoms with Crippen LogP contribution >= 0.6 is 36.4 Å². The van der Waals surface area contributed by atoms with Gasteiger partial charge in [-0.3, -0.25) is 4.79 Å². The van der Waals surface area contributed by atoms with Gasteiger partial charge in [0.25, 0.3) is 0 Å². The number of nitrogens with one attached hydrogen (secondary N) is 2. The van der Waals surface area contributed by atoms with Crippen molar-refractivity contribution < 1.29 is 13.9 Å². The van der Waals surface area contributed by atoms with Crippen molar-refractivity contribution in [3.05, 3.63) is 77.3 Å². The summed E-state index contributed by atoms with van der Waals surface area (Å²) >= 11 is 6.11. The summed E-state index contributed by atoms with van der Waals surface area (Å²) in [5.41, 5.74) is 4.19. The standard InChI is InChI=1S/C30H33ClFN5O2.2ClH/c1-19(2)34-18-27(20-4-6-22(31)7-5-20)30(38)37-12-10-36(11-13-37)28-25-8-9-33-29(25)35-17-26(28)21-14-23(32)16-24(15-21)39-3;;/h4-9,14-17,19,27,34H,10-13,18H2,1-3H3,(H,33,35);2*1H/t27-;;/m1../s1. The van der Waals surface area contributed by atoms with Gasteiger partial charge in [-0.15, -0.1) is 24.8 Å². The molecule has 11 heteroatoms. The molecule has 0 spiro atoms. The van der Waals surface area contributed by atoms with Crippen molar-refractivity contribution >= 4 is 59.0 Å². The largest absolute Gasteiger partial charge is 0.497 e. The first-order valence-corrected chi connectivity index (χ1v) is 13.6. The van der Waals surface area contributed by atoms with Crippen molar-refractivity contribution in [1.29, 1.82) is 0 Å². The Labute approximate surface area is 257 Å². The highest BCUT2D eigenvalue weighted by molar-refractivity contribution is 6.30. The summed E-state index contributed by atoms with van der Waals surface area (Å²) in [6.07, 6.45) is 3.63. The van der Waals surface area contributed by atoms with Gasteiger partial charge in [0.05, 0.1) is 18.7 Å². The third-order valence-electron chi connectivity index (χ3n) is 7.18. The van der Waals surface area contributed by atoms with E-state index in [1.807, 2.05) is 47.5 Å². The minimum atomic E-state index is -0.372. The number of piperazine rings is 1. The number of pyridine rings is 1. The molecule has 0 unspecified atom stereocenters. The molecule has 1 fully saturated rings. The highest BCUT2D eigenvalue weighted by atomic mass is 35.5. The van der Waals surface area contributed by atoms with Crippen molar-refractivity contribution in [3.63, 3.8) is 0 Å². The van der Waals surface area contributed by atoms with Crippen LogP contribution in [-0.2, 0) is 4.79 Å². The number of aromatic nitrogens is 2. The first-order chi connectivity index (χ1) is 18.8.